The van der Waals surface area contributed by atoms with Crippen LogP contribution in [0, 0.1) is 0 Å². The molecule has 0 amide bonds. The number of ketones is 1. The number of carbonyl (C=O) groups is 2. The lowest BCUT2D eigenvalue weighted by atomic mass is 9.87. The van der Waals surface area contributed by atoms with Crippen molar-refractivity contribution in [3.8, 4) is 11.5 Å². The standard InChI is InChI=1S/C27H32O5/c1-7-21(8-2)32-22-14-15-23(25(17-22)31-18(3)26(29)30)24(28)16-11-19-9-12-20(13-10-19)27(4,5)6/h7,9-18H,8H2,1-6H3,(H,29,30). The van der Waals surface area contributed by atoms with E-state index in [1.807, 2.05) is 44.2 Å². The minimum absolute atomic E-state index is 0.0551. The van der Waals surface area contributed by atoms with E-state index in [0.29, 0.717) is 12.2 Å². The molecule has 0 saturated carbocycles. The number of carboxylic acid groups (broad SMARTS) is 1. The highest BCUT2D eigenvalue weighted by Crippen LogP contribution is 2.29. The van der Waals surface area contributed by atoms with Gasteiger partial charge in [-0.1, -0.05) is 58.0 Å². The van der Waals surface area contributed by atoms with E-state index in [1.165, 1.54) is 18.6 Å². The fourth-order valence-corrected chi connectivity index (χ4v) is 2.95. The minimum Gasteiger partial charge on any atom is -0.479 e. The average molecular weight is 437 g/mol. The van der Waals surface area contributed by atoms with Gasteiger partial charge in [0.15, 0.2) is 11.9 Å². The molecule has 0 aliphatic rings. The van der Waals surface area contributed by atoms with E-state index >= 15 is 0 Å². The van der Waals surface area contributed by atoms with E-state index in [0.717, 1.165) is 11.3 Å². The Bertz CT molecular complexity index is 1010. The SMILES string of the molecule is CC=C(CC)Oc1ccc(C(=O)C=Cc2ccc(C(C)(C)C)cc2)c(OC(C)C(=O)O)c1. The Balaban J connectivity index is 2.31. The van der Waals surface area contributed by atoms with Gasteiger partial charge in [-0.3, -0.25) is 4.79 Å². The Labute approximate surface area is 190 Å². The molecule has 1 atom stereocenters. The first kappa shape index (κ1) is 24.9. The maximum absolute atomic E-state index is 12.9. The van der Waals surface area contributed by atoms with Crippen LogP contribution in [0.4, 0.5) is 0 Å². The minimum atomic E-state index is -1.12. The monoisotopic (exact) mass is 436 g/mol. The third-order valence-corrected chi connectivity index (χ3v) is 4.99. The fraction of sp³-hybridized carbons (Fsp3) is 0.333. The summed E-state index contributed by atoms with van der Waals surface area (Å²) in [5.74, 6) is 0.00474. The number of ether oxygens (including phenoxy) is 2. The highest BCUT2D eigenvalue weighted by Gasteiger charge is 2.19. The van der Waals surface area contributed by atoms with Crippen molar-refractivity contribution >= 4 is 17.8 Å². The number of allylic oxidation sites excluding steroid dienone is 3. The van der Waals surface area contributed by atoms with Crippen LogP contribution in [0.3, 0.4) is 0 Å². The van der Waals surface area contributed by atoms with Crippen LogP contribution in [0.1, 0.15) is 69.4 Å². The smallest absolute Gasteiger partial charge is 0.344 e. The summed E-state index contributed by atoms with van der Waals surface area (Å²) in [7, 11) is 0. The summed E-state index contributed by atoms with van der Waals surface area (Å²) in [4.78, 5) is 24.2. The van der Waals surface area contributed by atoms with Crippen LogP contribution in [0.15, 0.2) is 60.4 Å². The number of carboxylic acids is 1. The van der Waals surface area contributed by atoms with E-state index in [2.05, 4.69) is 20.8 Å². The second-order valence-corrected chi connectivity index (χ2v) is 8.54. The summed E-state index contributed by atoms with van der Waals surface area (Å²) in [5.41, 5.74) is 2.43. The second-order valence-electron chi connectivity index (χ2n) is 8.54. The van der Waals surface area contributed by atoms with Gasteiger partial charge in [-0.05, 0) is 54.7 Å². The van der Waals surface area contributed by atoms with Crippen molar-refractivity contribution in [2.24, 2.45) is 0 Å². The third-order valence-electron chi connectivity index (χ3n) is 4.99. The van der Waals surface area contributed by atoms with Crippen molar-refractivity contribution in [1.82, 2.24) is 0 Å². The lowest BCUT2D eigenvalue weighted by Crippen LogP contribution is -2.23. The number of carbonyl (C=O) groups excluding carboxylic acids is 1. The van der Waals surface area contributed by atoms with Gasteiger partial charge in [0.25, 0.3) is 0 Å². The highest BCUT2D eigenvalue weighted by atomic mass is 16.5. The maximum Gasteiger partial charge on any atom is 0.344 e. The van der Waals surface area contributed by atoms with Gasteiger partial charge >= 0.3 is 5.97 Å². The summed E-state index contributed by atoms with van der Waals surface area (Å²) in [6, 6.07) is 12.9. The largest absolute Gasteiger partial charge is 0.479 e. The molecule has 5 nitrogen and oxygen atoms in total. The molecule has 0 heterocycles. The molecule has 5 heteroatoms. The van der Waals surface area contributed by atoms with Crippen molar-refractivity contribution in [3.63, 3.8) is 0 Å². The quantitative estimate of drug-likeness (QED) is 0.279. The molecular weight excluding hydrogens is 404 g/mol. The molecule has 0 fully saturated rings. The molecule has 1 N–H and O–H groups in total. The van der Waals surface area contributed by atoms with E-state index in [1.54, 1.807) is 24.3 Å². The normalized spacial score (nSPS) is 13.1. The number of rotatable bonds is 9. The molecule has 0 bridgehead atoms. The molecule has 0 aromatic heterocycles. The highest BCUT2D eigenvalue weighted by molar-refractivity contribution is 6.08. The summed E-state index contributed by atoms with van der Waals surface area (Å²) >= 11 is 0. The van der Waals surface area contributed by atoms with Gasteiger partial charge in [0.1, 0.15) is 11.5 Å². The number of hydrogen-bond acceptors (Lipinski definition) is 4. The van der Waals surface area contributed by atoms with Crippen molar-refractivity contribution in [3.05, 3.63) is 77.1 Å². The van der Waals surface area contributed by atoms with Crippen LogP contribution in [0.2, 0.25) is 0 Å². The molecule has 2 aromatic carbocycles. The van der Waals surface area contributed by atoms with E-state index < -0.39 is 12.1 Å². The Hall–Kier alpha value is -3.34. The maximum atomic E-state index is 12.9. The first-order valence-electron chi connectivity index (χ1n) is 10.7. The molecule has 0 radical (unpaired) electrons. The first-order chi connectivity index (χ1) is 15.0. The van der Waals surface area contributed by atoms with E-state index in [9.17, 15) is 14.7 Å². The van der Waals surface area contributed by atoms with Gasteiger partial charge in [0.05, 0.1) is 11.3 Å². The Kier molecular flexibility index (Phi) is 8.41. The Morgan fingerprint density at radius 2 is 1.75 bits per heavy atom. The molecule has 0 spiro atoms. The molecule has 2 aromatic rings. The van der Waals surface area contributed by atoms with Gasteiger partial charge in [-0.15, -0.1) is 0 Å². The predicted octanol–water partition coefficient (Wildman–Crippen LogP) is 6.42. The topological polar surface area (TPSA) is 72.8 Å². The lowest BCUT2D eigenvalue weighted by molar-refractivity contribution is -0.144. The van der Waals surface area contributed by atoms with Gasteiger partial charge in [0.2, 0.25) is 0 Å². The van der Waals surface area contributed by atoms with Crippen LogP contribution in [-0.2, 0) is 10.2 Å². The first-order valence-corrected chi connectivity index (χ1v) is 10.7. The van der Waals surface area contributed by atoms with Gasteiger partial charge < -0.3 is 14.6 Å². The second kappa shape index (κ2) is 10.8. The van der Waals surface area contributed by atoms with Crippen molar-refractivity contribution in [1.29, 1.82) is 0 Å². The average Bonchev–Trinajstić information content (AvgIpc) is 2.75. The molecule has 170 valence electrons. The molecule has 0 aliphatic heterocycles. The van der Waals surface area contributed by atoms with Crippen molar-refractivity contribution in [2.75, 3.05) is 0 Å². The van der Waals surface area contributed by atoms with Crippen molar-refractivity contribution < 1.29 is 24.2 Å². The molecule has 0 saturated heterocycles. The Morgan fingerprint density at radius 1 is 1.09 bits per heavy atom. The summed E-state index contributed by atoms with van der Waals surface area (Å²) < 4.78 is 11.4. The van der Waals surface area contributed by atoms with Crippen LogP contribution >= 0.6 is 0 Å². The van der Waals surface area contributed by atoms with Gasteiger partial charge in [-0.2, -0.15) is 0 Å². The zero-order valence-electron chi connectivity index (χ0n) is 19.6. The zero-order valence-corrected chi connectivity index (χ0v) is 19.6. The molecule has 1 unspecified atom stereocenters. The molecule has 32 heavy (non-hydrogen) atoms. The van der Waals surface area contributed by atoms with E-state index in [-0.39, 0.29) is 22.5 Å². The van der Waals surface area contributed by atoms with Gasteiger partial charge in [0, 0.05) is 12.5 Å². The predicted molar refractivity (Wildman–Crippen MR) is 127 cm³/mol. The lowest BCUT2D eigenvalue weighted by Gasteiger charge is -2.18. The number of aliphatic carboxylic acids is 1. The van der Waals surface area contributed by atoms with Crippen LogP contribution in [-0.4, -0.2) is 23.0 Å². The van der Waals surface area contributed by atoms with Crippen LogP contribution in [0.25, 0.3) is 6.08 Å². The summed E-state index contributed by atoms with van der Waals surface area (Å²) in [6.45, 7) is 11.7. The summed E-state index contributed by atoms with van der Waals surface area (Å²) in [5, 5.41) is 9.23. The number of hydrogen-bond donors (Lipinski definition) is 1. The van der Waals surface area contributed by atoms with Crippen LogP contribution in [0.5, 0.6) is 11.5 Å². The Morgan fingerprint density at radius 3 is 2.28 bits per heavy atom. The molecular formula is C27H32O5. The third kappa shape index (κ3) is 6.84. The summed E-state index contributed by atoms with van der Waals surface area (Å²) in [6.07, 6.45) is 4.64. The molecule has 0 aliphatic carbocycles. The van der Waals surface area contributed by atoms with Crippen LogP contribution < -0.4 is 9.47 Å². The molecule has 2 rings (SSSR count). The van der Waals surface area contributed by atoms with E-state index in [4.69, 9.17) is 9.47 Å². The van der Waals surface area contributed by atoms with Gasteiger partial charge in [-0.25, -0.2) is 4.79 Å². The zero-order chi connectivity index (χ0) is 23.9. The number of benzene rings is 2. The van der Waals surface area contributed by atoms with Crippen molar-refractivity contribution in [2.45, 2.75) is 59.5 Å². The fourth-order valence-electron chi connectivity index (χ4n) is 2.95.